The van der Waals surface area contributed by atoms with Gasteiger partial charge >= 0.3 is 5.97 Å². The molecule has 2 amide bonds. The number of amides is 2. The molecule has 0 heterocycles. The van der Waals surface area contributed by atoms with Crippen LogP contribution in [-0.2, 0) is 14.4 Å². The Morgan fingerprint density at radius 1 is 1.18 bits per heavy atom. The lowest BCUT2D eigenvalue weighted by molar-refractivity contribution is -0.138. The highest BCUT2D eigenvalue weighted by atomic mass is 16.4. The summed E-state index contributed by atoms with van der Waals surface area (Å²) in [6.07, 6.45) is 1.04. The standard InChI is InChI=1S/C16H22N2O4/c1-3-17-14(19)8-5-9-15(20)18-13-7-4-6-12(10-13)11(2)16(21)22/h4,6-7,10-11H,3,5,8-9H2,1-2H3,(H,17,19)(H,18,20)(H,21,22). The van der Waals surface area contributed by atoms with Crippen molar-refractivity contribution in [3.63, 3.8) is 0 Å². The summed E-state index contributed by atoms with van der Waals surface area (Å²) in [5.74, 6) is -1.79. The van der Waals surface area contributed by atoms with Gasteiger partial charge in [0.05, 0.1) is 5.92 Å². The van der Waals surface area contributed by atoms with E-state index in [1.165, 1.54) is 0 Å². The highest BCUT2D eigenvalue weighted by molar-refractivity contribution is 5.91. The molecule has 1 aromatic carbocycles. The Balaban J connectivity index is 2.49. The second-order valence-electron chi connectivity index (χ2n) is 5.04. The van der Waals surface area contributed by atoms with E-state index < -0.39 is 11.9 Å². The molecule has 0 aliphatic rings. The maximum atomic E-state index is 11.8. The Labute approximate surface area is 129 Å². The minimum absolute atomic E-state index is 0.0624. The summed E-state index contributed by atoms with van der Waals surface area (Å²) in [6, 6.07) is 6.78. The van der Waals surface area contributed by atoms with Crippen LogP contribution in [0.25, 0.3) is 0 Å². The smallest absolute Gasteiger partial charge is 0.310 e. The van der Waals surface area contributed by atoms with Crippen molar-refractivity contribution in [2.45, 2.75) is 39.0 Å². The van der Waals surface area contributed by atoms with E-state index in [4.69, 9.17) is 5.11 Å². The molecule has 0 fully saturated rings. The summed E-state index contributed by atoms with van der Waals surface area (Å²) in [4.78, 5) is 34.0. The van der Waals surface area contributed by atoms with Gasteiger partial charge in [0.1, 0.15) is 0 Å². The molecule has 0 saturated heterocycles. The molecule has 6 nitrogen and oxygen atoms in total. The molecule has 0 saturated carbocycles. The van der Waals surface area contributed by atoms with Crippen LogP contribution >= 0.6 is 0 Å². The Kier molecular flexibility index (Phi) is 7.08. The van der Waals surface area contributed by atoms with Crippen molar-refractivity contribution in [3.05, 3.63) is 29.8 Å². The van der Waals surface area contributed by atoms with Gasteiger partial charge < -0.3 is 15.7 Å². The fraction of sp³-hybridized carbons (Fsp3) is 0.438. The molecule has 0 aliphatic heterocycles. The molecule has 0 radical (unpaired) electrons. The molecule has 0 bridgehead atoms. The molecular weight excluding hydrogens is 284 g/mol. The van der Waals surface area contributed by atoms with Gasteiger partial charge in [-0.05, 0) is 38.0 Å². The molecule has 1 aromatic rings. The minimum atomic E-state index is -0.912. The van der Waals surface area contributed by atoms with Gasteiger partial charge in [0.15, 0.2) is 0 Å². The number of benzene rings is 1. The van der Waals surface area contributed by atoms with Gasteiger partial charge in [0.25, 0.3) is 0 Å². The number of carboxylic acid groups (broad SMARTS) is 1. The molecule has 1 atom stereocenters. The molecule has 0 spiro atoms. The number of hydrogen-bond donors (Lipinski definition) is 3. The van der Waals surface area contributed by atoms with E-state index in [9.17, 15) is 14.4 Å². The topological polar surface area (TPSA) is 95.5 Å². The van der Waals surface area contributed by atoms with Crippen LogP contribution in [0.5, 0.6) is 0 Å². The lowest BCUT2D eigenvalue weighted by Gasteiger charge is -2.10. The van der Waals surface area contributed by atoms with Crippen molar-refractivity contribution in [2.75, 3.05) is 11.9 Å². The van der Waals surface area contributed by atoms with Crippen molar-refractivity contribution in [3.8, 4) is 0 Å². The first-order valence-electron chi connectivity index (χ1n) is 7.33. The van der Waals surface area contributed by atoms with Crippen molar-refractivity contribution in [2.24, 2.45) is 0 Å². The van der Waals surface area contributed by atoms with E-state index in [0.29, 0.717) is 30.6 Å². The third-order valence-electron chi connectivity index (χ3n) is 3.22. The lowest BCUT2D eigenvalue weighted by Crippen LogP contribution is -2.22. The zero-order valence-electron chi connectivity index (χ0n) is 12.9. The summed E-state index contributed by atoms with van der Waals surface area (Å²) in [6.45, 7) is 4.02. The third kappa shape index (κ3) is 5.95. The molecular formula is C16H22N2O4. The fourth-order valence-corrected chi connectivity index (χ4v) is 1.95. The Hall–Kier alpha value is -2.37. The molecule has 0 aliphatic carbocycles. The molecule has 6 heteroatoms. The van der Waals surface area contributed by atoms with Crippen LogP contribution in [0, 0.1) is 0 Å². The quantitative estimate of drug-likeness (QED) is 0.685. The summed E-state index contributed by atoms with van der Waals surface area (Å²) in [5, 5.41) is 14.4. The van der Waals surface area contributed by atoms with Crippen LogP contribution in [0.15, 0.2) is 24.3 Å². The van der Waals surface area contributed by atoms with Crippen molar-refractivity contribution in [1.29, 1.82) is 0 Å². The Morgan fingerprint density at radius 2 is 1.86 bits per heavy atom. The van der Waals surface area contributed by atoms with Gasteiger partial charge in [-0.25, -0.2) is 0 Å². The number of hydrogen-bond acceptors (Lipinski definition) is 3. The average molecular weight is 306 g/mol. The van der Waals surface area contributed by atoms with E-state index in [0.717, 1.165) is 0 Å². The zero-order chi connectivity index (χ0) is 16.5. The SMILES string of the molecule is CCNC(=O)CCCC(=O)Nc1cccc(C(C)C(=O)O)c1. The molecule has 22 heavy (non-hydrogen) atoms. The summed E-state index contributed by atoms with van der Waals surface area (Å²) < 4.78 is 0. The van der Waals surface area contributed by atoms with E-state index in [1.54, 1.807) is 31.2 Å². The predicted molar refractivity (Wildman–Crippen MR) is 83.7 cm³/mol. The van der Waals surface area contributed by atoms with Gasteiger partial charge in [-0.3, -0.25) is 14.4 Å². The van der Waals surface area contributed by atoms with Gasteiger partial charge in [-0.2, -0.15) is 0 Å². The number of carbonyl (C=O) groups is 3. The van der Waals surface area contributed by atoms with E-state index in [2.05, 4.69) is 10.6 Å². The summed E-state index contributed by atoms with van der Waals surface area (Å²) in [7, 11) is 0. The Morgan fingerprint density at radius 3 is 2.50 bits per heavy atom. The first-order valence-corrected chi connectivity index (χ1v) is 7.33. The minimum Gasteiger partial charge on any atom is -0.481 e. The van der Waals surface area contributed by atoms with Gasteiger partial charge in [0, 0.05) is 25.1 Å². The van der Waals surface area contributed by atoms with Crippen LogP contribution in [0.1, 0.15) is 44.6 Å². The number of carboxylic acids is 1. The van der Waals surface area contributed by atoms with Gasteiger partial charge in [0.2, 0.25) is 11.8 Å². The van der Waals surface area contributed by atoms with Crippen LogP contribution < -0.4 is 10.6 Å². The Bertz CT molecular complexity index is 543. The average Bonchev–Trinajstić information content (AvgIpc) is 2.46. The van der Waals surface area contributed by atoms with Crippen LogP contribution in [0.4, 0.5) is 5.69 Å². The number of rotatable bonds is 8. The maximum absolute atomic E-state index is 11.8. The lowest BCUT2D eigenvalue weighted by atomic mass is 10.0. The van der Waals surface area contributed by atoms with E-state index >= 15 is 0 Å². The van der Waals surface area contributed by atoms with Crippen molar-refractivity contribution in [1.82, 2.24) is 5.32 Å². The molecule has 1 unspecified atom stereocenters. The maximum Gasteiger partial charge on any atom is 0.310 e. The highest BCUT2D eigenvalue weighted by Gasteiger charge is 2.14. The molecule has 3 N–H and O–H groups in total. The number of carbonyl (C=O) groups excluding carboxylic acids is 2. The highest BCUT2D eigenvalue weighted by Crippen LogP contribution is 2.19. The largest absolute Gasteiger partial charge is 0.481 e. The monoisotopic (exact) mass is 306 g/mol. The van der Waals surface area contributed by atoms with E-state index in [1.807, 2.05) is 6.92 Å². The van der Waals surface area contributed by atoms with E-state index in [-0.39, 0.29) is 18.2 Å². The first kappa shape index (κ1) is 17.7. The normalized spacial score (nSPS) is 11.5. The van der Waals surface area contributed by atoms with Crippen molar-refractivity contribution < 1.29 is 19.5 Å². The second-order valence-corrected chi connectivity index (χ2v) is 5.04. The zero-order valence-corrected chi connectivity index (χ0v) is 12.9. The number of aliphatic carboxylic acids is 1. The predicted octanol–water partition coefficient (Wildman–Crippen LogP) is 2.12. The van der Waals surface area contributed by atoms with Crippen LogP contribution in [0.2, 0.25) is 0 Å². The summed E-state index contributed by atoms with van der Waals surface area (Å²) in [5.41, 5.74) is 1.20. The van der Waals surface area contributed by atoms with Gasteiger partial charge in [-0.1, -0.05) is 12.1 Å². The molecule has 120 valence electrons. The first-order chi connectivity index (χ1) is 10.4. The number of nitrogens with one attached hydrogen (secondary N) is 2. The second kappa shape index (κ2) is 8.81. The van der Waals surface area contributed by atoms with Crippen LogP contribution in [0.3, 0.4) is 0 Å². The third-order valence-corrected chi connectivity index (χ3v) is 3.22. The molecule has 0 aromatic heterocycles. The van der Waals surface area contributed by atoms with Crippen LogP contribution in [-0.4, -0.2) is 29.4 Å². The van der Waals surface area contributed by atoms with Crippen molar-refractivity contribution >= 4 is 23.5 Å². The fourth-order valence-electron chi connectivity index (χ4n) is 1.95. The van der Waals surface area contributed by atoms with Gasteiger partial charge in [-0.15, -0.1) is 0 Å². The summed E-state index contributed by atoms with van der Waals surface area (Å²) >= 11 is 0. The number of anilines is 1. The molecule has 1 rings (SSSR count).